The van der Waals surface area contributed by atoms with Gasteiger partial charge in [0.25, 0.3) is 20.1 Å². The number of halogens is 3. The molecule has 154 valence electrons. The van der Waals surface area contributed by atoms with Crippen LogP contribution in [-0.4, -0.2) is 33.2 Å². The number of rotatable bonds is 8. The molecule has 28 heavy (non-hydrogen) atoms. The smallest absolute Gasteiger partial charge is 0.264 e. The van der Waals surface area contributed by atoms with Gasteiger partial charge in [0.1, 0.15) is 11.6 Å². The summed E-state index contributed by atoms with van der Waals surface area (Å²) in [5.41, 5.74) is -0.505. The van der Waals surface area contributed by atoms with E-state index in [4.69, 9.17) is 16.2 Å². The van der Waals surface area contributed by atoms with Gasteiger partial charge in [-0.05, 0) is 56.2 Å². The molecule has 0 aliphatic carbocycles. The second kappa shape index (κ2) is 8.73. The van der Waals surface area contributed by atoms with Crippen LogP contribution in [0.5, 0.6) is 0 Å². The van der Waals surface area contributed by atoms with Crippen LogP contribution in [0.1, 0.15) is 19.8 Å². The molecule has 0 radical (unpaired) electrons. The van der Waals surface area contributed by atoms with Crippen LogP contribution in [0.4, 0.5) is 14.5 Å². The molecule has 0 aliphatic heterocycles. The third-order valence-corrected chi connectivity index (χ3v) is 6.94. The van der Waals surface area contributed by atoms with E-state index in [1.807, 2.05) is 0 Å². The zero-order valence-corrected chi connectivity index (χ0v) is 17.1. The van der Waals surface area contributed by atoms with E-state index in [0.29, 0.717) is 9.33 Å². The highest BCUT2D eigenvalue weighted by atomic mass is 35.5. The molecule has 0 fully saturated rings. The summed E-state index contributed by atoms with van der Waals surface area (Å²) in [7, 11) is -8.55. The number of sulfonamides is 1. The molecule has 0 bridgehead atoms. The average Bonchev–Trinajstić information content (AvgIpc) is 2.57. The monoisotopic (exact) mass is 453 g/mol. The molecular formula is C17H18ClF2NO5S2. The summed E-state index contributed by atoms with van der Waals surface area (Å²) in [6, 6.07) is 6.63. The van der Waals surface area contributed by atoms with Crippen molar-refractivity contribution in [3.63, 3.8) is 0 Å². The zero-order valence-electron chi connectivity index (χ0n) is 14.7. The van der Waals surface area contributed by atoms with Crippen molar-refractivity contribution in [3.8, 4) is 0 Å². The second-order valence-corrected chi connectivity index (χ2v) is 9.95. The summed E-state index contributed by atoms with van der Waals surface area (Å²) < 4.78 is 85.7. The Bertz CT molecular complexity index is 1040. The molecule has 2 aromatic carbocycles. The van der Waals surface area contributed by atoms with Crippen molar-refractivity contribution in [2.45, 2.75) is 30.7 Å². The van der Waals surface area contributed by atoms with Crippen LogP contribution in [0.15, 0.2) is 47.4 Å². The highest BCUT2D eigenvalue weighted by Crippen LogP contribution is 2.31. The summed E-state index contributed by atoms with van der Waals surface area (Å²) in [5.74, 6) is -2.38. The largest absolute Gasteiger partial charge is 0.286 e. The molecule has 0 aromatic heterocycles. The number of hydrogen-bond acceptors (Lipinski definition) is 4. The van der Waals surface area contributed by atoms with Gasteiger partial charge in [-0.2, -0.15) is 8.42 Å². The molecule has 0 heterocycles. The normalized spacial score (nSPS) is 13.3. The molecule has 0 aliphatic rings. The molecular weight excluding hydrogens is 436 g/mol. The average molecular weight is 454 g/mol. The van der Waals surface area contributed by atoms with E-state index >= 15 is 0 Å². The fourth-order valence-corrected chi connectivity index (χ4v) is 5.00. The molecule has 0 saturated carbocycles. The molecule has 11 heteroatoms. The van der Waals surface area contributed by atoms with Gasteiger partial charge in [-0.15, -0.1) is 0 Å². The molecule has 2 aromatic rings. The fraction of sp³-hybridized carbons (Fsp3) is 0.294. The molecule has 0 spiro atoms. The van der Waals surface area contributed by atoms with Crippen molar-refractivity contribution in [1.29, 1.82) is 0 Å². The summed E-state index contributed by atoms with van der Waals surface area (Å²) in [4.78, 5) is -0.192. The van der Waals surface area contributed by atoms with Gasteiger partial charge < -0.3 is 0 Å². The van der Waals surface area contributed by atoms with E-state index in [2.05, 4.69) is 0 Å². The molecule has 2 rings (SSSR count). The maximum Gasteiger partial charge on any atom is 0.264 e. The fourth-order valence-electron chi connectivity index (χ4n) is 2.66. The first-order chi connectivity index (χ1) is 12.9. The molecule has 6 nitrogen and oxygen atoms in total. The molecule has 0 amide bonds. The van der Waals surface area contributed by atoms with Crippen LogP contribution in [0.3, 0.4) is 0 Å². The highest BCUT2D eigenvalue weighted by molar-refractivity contribution is 7.92. The van der Waals surface area contributed by atoms with Gasteiger partial charge in [-0.3, -0.25) is 8.86 Å². The van der Waals surface area contributed by atoms with Crippen molar-refractivity contribution in [2.24, 2.45) is 0 Å². The van der Waals surface area contributed by atoms with Crippen molar-refractivity contribution in [2.75, 3.05) is 10.1 Å². The number of nitrogens with zero attached hydrogens (tertiary/aromatic N) is 1. The van der Waals surface area contributed by atoms with E-state index < -0.39 is 49.3 Å². The quantitative estimate of drug-likeness (QED) is 0.612. The molecule has 0 saturated heterocycles. The van der Waals surface area contributed by atoms with Gasteiger partial charge in [-0.1, -0.05) is 11.6 Å². The predicted molar refractivity (Wildman–Crippen MR) is 103 cm³/mol. The zero-order chi connectivity index (χ0) is 21.1. The van der Waals surface area contributed by atoms with Crippen molar-refractivity contribution < 1.29 is 30.2 Å². The van der Waals surface area contributed by atoms with Crippen LogP contribution in [0, 0.1) is 11.6 Å². The predicted octanol–water partition coefficient (Wildman–Crippen LogP) is 3.87. The Morgan fingerprint density at radius 1 is 1.07 bits per heavy atom. The first kappa shape index (κ1) is 22.5. The van der Waals surface area contributed by atoms with Gasteiger partial charge in [0.05, 0.1) is 16.3 Å². The van der Waals surface area contributed by atoms with Crippen LogP contribution < -0.4 is 4.31 Å². The van der Waals surface area contributed by atoms with Gasteiger partial charge in [0.2, 0.25) is 0 Å². The maximum atomic E-state index is 14.4. The Morgan fingerprint density at radius 3 is 2.25 bits per heavy atom. The third kappa shape index (κ3) is 5.63. The Morgan fingerprint density at radius 2 is 1.68 bits per heavy atom. The topological polar surface area (TPSA) is 91.8 Å². The van der Waals surface area contributed by atoms with Crippen molar-refractivity contribution >= 4 is 37.4 Å². The van der Waals surface area contributed by atoms with E-state index in [-0.39, 0.29) is 17.7 Å². The molecule has 1 N–H and O–H groups in total. The maximum absolute atomic E-state index is 14.4. The van der Waals surface area contributed by atoms with Gasteiger partial charge in [0, 0.05) is 17.1 Å². The summed E-state index contributed by atoms with van der Waals surface area (Å²) in [5, 5.41) is 0.295. The molecule has 1 atom stereocenters. The standard InChI is InChI=1S/C17H18ClF2NO5S2/c1-12(3-2-10-27(22,23)24)21(17-11-14(19)6-9-16(17)20)28(25,26)15-7-4-13(18)5-8-15/h4-9,11-12H,2-3,10H2,1H3,(H,22,23,24). The van der Waals surface area contributed by atoms with Crippen molar-refractivity contribution in [3.05, 3.63) is 59.1 Å². The lowest BCUT2D eigenvalue weighted by Gasteiger charge is -2.31. The van der Waals surface area contributed by atoms with Crippen molar-refractivity contribution in [1.82, 2.24) is 0 Å². The van der Waals surface area contributed by atoms with Gasteiger partial charge in [-0.25, -0.2) is 17.2 Å². The first-order valence-corrected chi connectivity index (χ1v) is 11.5. The summed E-state index contributed by atoms with van der Waals surface area (Å²) >= 11 is 5.78. The third-order valence-electron chi connectivity index (χ3n) is 3.94. The summed E-state index contributed by atoms with van der Waals surface area (Å²) in [6.45, 7) is 1.43. The van der Waals surface area contributed by atoms with Gasteiger partial charge in [0.15, 0.2) is 0 Å². The Hall–Kier alpha value is -1.75. The Labute approximate surface area is 167 Å². The first-order valence-electron chi connectivity index (χ1n) is 8.12. The van der Waals surface area contributed by atoms with E-state index in [0.717, 1.165) is 18.2 Å². The SMILES string of the molecule is CC(CCCS(=O)(=O)O)N(c1cc(F)ccc1F)S(=O)(=O)c1ccc(Cl)cc1. The van der Waals surface area contributed by atoms with E-state index in [1.54, 1.807) is 0 Å². The number of hydrogen-bond donors (Lipinski definition) is 1. The van der Waals surface area contributed by atoms with E-state index in [9.17, 15) is 25.6 Å². The highest BCUT2D eigenvalue weighted by Gasteiger charge is 2.31. The lowest BCUT2D eigenvalue weighted by Crippen LogP contribution is -2.39. The Kier molecular flexibility index (Phi) is 7.02. The van der Waals surface area contributed by atoms with Crippen LogP contribution in [0.25, 0.3) is 0 Å². The van der Waals surface area contributed by atoms with Crippen LogP contribution in [-0.2, 0) is 20.1 Å². The number of benzene rings is 2. The van der Waals surface area contributed by atoms with Crippen LogP contribution in [0.2, 0.25) is 5.02 Å². The number of anilines is 1. The lowest BCUT2D eigenvalue weighted by atomic mass is 10.2. The second-order valence-electron chi connectivity index (χ2n) is 6.13. The summed E-state index contributed by atoms with van der Waals surface area (Å²) in [6.07, 6.45) is -0.105. The minimum absolute atomic E-state index is 0.0252. The Balaban J connectivity index is 2.49. The molecule has 1 unspecified atom stereocenters. The van der Waals surface area contributed by atoms with Crippen LogP contribution >= 0.6 is 11.6 Å². The lowest BCUT2D eigenvalue weighted by molar-refractivity contribution is 0.478. The minimum Gasteiger partial charge on any atom is -0.286 e. The van der Waals surface area contributed by atoms with E-state index in [1.165, 1.54) is 31.2 Å². The minimum atomic E-state index is -4.32. The van der Waals surface area contributed by atoms with Gasteiger partial charge >= 0.3 is 0 Å².